The van der Waals surface area contributed by atoms with Gasteiger partial charge in [-0.15, -0.1) is 0 Å². The number of benzene rings is 1. The minimum atomic E-state index is -1.57. The standard InChI is InChI=1S/C14H19Cl3N2O/c1-10(2)12(20)18-13(14(15,16)17)19(3)9-11-7-5-4-6-8-11/h4-8,10,13H,9H2,1-3H3,(H,18,20)/p+1/t13-/m1/s1. The molecule has 2 N–H and O–H groups in total. The summed E-state index contributed by atoms with van der Waals surface area (Å²) in [4.78, 5) is 12.8. The third-order valence-electron chi connectivity index (χ3n) is 2.96. The van der Waals surface area contributed by atoms with Crippen LogP contribution in [0.3, 0.4) is 0 Å². The predicted molar refractivity (Wildman–Crippen MR) is 84.1 cm³/mol. The van der Waals surface area contributed by atoms with Gasteiger partial charge in [-0.3, -0.25) is 4.79 Å². The molecule has 0 aliphatic rings. The summed E-state index contributed by atoms with van der Waals surface area (Å²) in [6.45, 7) is 4.26. The van der Waals surface area contributed by atoms with E-state index in [2.05, 4.69) is 5.32 Å². The lowest BCUT2D eigenvalue weighted by atomic mass is 10.2. The Kier molecular flexibility index (Phi) is 6.59. The van der Waals surface area contributed by atoms with Crippen LogP contribution in [0.2, 0.25) is 0 Å². The summed E-state index contributed by atoms with van der Waals surface area (Å²) < 4.78 is -1.57. The molecule has 0 heterocycles. The summed E-state index contributed by atoms with van der Waals surface area (Å²) in [5.74, 6) is -0.289. The van der Waals surface area contributed by atoms with Gasteiger partial charge >= 0.3 is 0 Å². The number of hydrogen-bond donors (Lipinski definition) is 2. The zero-order chi connectivity index (χ0) is 15.3. The zero-order valence-corrected chi connectivity index (χ0v) is 14.1. The molecule has 3 nitrogen and oxygen atoms in total. The smallest absolute Gasteiger partial charge is 0.262 e. The maximum absolute atomic E-state index is 11.9. The van der Waals surface area contributed by atoms with Crippen LogP contribution in [-0.2, 0) is 11.3 Å². The third-order valence-corrected chi connectivity index (χ3v) is 3.61. The molecule has 0 saturated heterocycles. The van der Waals surface area contributed by atoms with Gasteiger partial charge in [0.05, 0.1) is 7.05 Å². The largest absolute Gasteiger partial charge is 0.310 e. The van der Waals surface area contributed by atoms with Crippen molar-refractivity contribution < 1.29 is 9.69 Å². The van der Waals surface area contributed by atoms with Crippen molar-refractivity contribution in [2.45, 2.75) is 30.4 Å². The second-order valence-corrected chi connectivity index (χ2v) is 7.52. The molecule has 0 bridgehead atoms. The number of nitrogens with one attached hydrogen (secondary N) is 2. The van der Waals surface area contributed by atoms with Crippen molar-refractivity contribution in [2.24, 2.45) is 5.92 Å². The summed E-state index contributed by atoms with van der Waals surface area (Å²) in [5, 5.41) is 2.80. The summed E-state index contributed by atoms with van der Waals surface area (Å²) in [7, 11) is 1.89. The number of carbonyl (C=O) groups excluding carboxylic acids is 1. The molecule has 0 saturated carbocycles. The van der Waals surface area contributed by atoms with Crippen molar-refractivity contribution in [3.8, 4) is 0 Å². The van der Waals surface area contributed by atoms with Gasteiger partial charge in [0, 0.05) is 11.5 Å². The lowest BCUT2D eigenvalue weighted by molar-refractivity contribution is -0.921. The van der Waals surface area contributed by atoms with Gasteiger partial charge in [-0.2, -0.15) is 0 Å². The van der Waals surface area contributed by atoms with Crippen LogP contribution in [0.5, 0.6) is 0 Å². The van der Waals surface area contributed by atoms with Crippen molar-refractivity contribution >= 4 is 40.7 Å². The zero-order valence-electron chi connectivity index (χ0n) is 11.8. The normalized spacial score (nSPS) is 14.9. The first kappa shape index (κ1) is 17.6. The monoisotopic (exact) mass is 337 g/mol. The Hall–Kier alpha value is -0.480. The number of rotatable bonds is 5. The highest BCUT2D eigenvalue weighted by Crippen LogP contribution is 2.28. The van der Waals surface area contributed by atoms with Crippen LogP contribution in [0.15, 0.2) is 30.3 Å². The van der Waals surface area contributed by atoms with Gasteiger partial charge in [-0.1, -0.05) is 79.0 Å². The molecule has 20 heavy (non-hydrogen) atoms. The fourth-order valence-electron chi connectivity index (χ4n) is 1.81. The van der Waals surface area contributed by atoms with E-state index in [0.29, 0.717) is 6.54 Å². The van der Waals surface area contributed by atoms with E-state index in [4.69, 9.17) is 34.8 Å². The molecule has 2 atom stereocenters. The number of carbonyl (C=O) groups is 1. The minimum Gasteiger partial charge on any atom is -0.310 e. The van der Waals surface area contributed by atoms with Gasteiger partial charge in [0.25, 0.3) is 3.79 Å². The summed E-state index contributed by atoms with van der Waals surface area (Å²) in [5.41, 5.74) is 1.11. The maximum atomic E-state index is 11.9. The highest BCUT2D eigenvalue weighted by atomic mass is 35.6. The molecule has 0 radical (unpaired) electrons. The van der Waals surface area contributed by atoms with Crippen LogP contribution in [-0.4, -0.2) is 22.9 Å². The average Bonchev–Trinajstić information content (AvgIpc) is 2.35. The minimum absolute atomic E-state index is 0.131. The molecule has 1 amide bonds. The van der Waals surface area contributed by atoms with Gasteiger partial charge in [0.1, 0.15) is 6.54 Å². The molecular weight excluding hydrogens is 319 g/mol. The van der Waals surface area contributed by atoms with Gasteiger partial charge in [0.2, 0.25) is 12.1 Å². The van der Waals surface area contributed by atoms with Crippen molar-refractivity contribution in [3.63, 3.8) is 0 Å². The van der Waals surface area contributed by atoms with Crippen LogP contribution < -0.4 is 10.2 Å². The second-order valence-electron chi connectivity index (χ2n) is 5.15. The summed E-state index contributed by atoms with van der Waals surface area (Å²) in [6.07, 6.45) is -0.609. The van der Waals surface area contributed by atoms with Gasteiger partial charge in [-0.05, 0) is 0 Å². The molecule has 0 aliphatic carbocycles. The Morgan fingerprint density at radius 3 is 2.25 bits per heavy atom. The first-order chi connectivity index (χ1) is 9.21. The number of hydrogen-bond acceptors (Lipinski definition) is 1. The molecule has 0 aliphatic heterocycles. The maximum Gasteiger partial charge on any atom is 0.262 e. The van der Waals surface area contributed by atoms with E-state index >= 15 is 0 Å². The Balaban J connectivity index is 2.80. The topological polar surface area (TPSA) is 33.5 Å². The van der Waals surface area contributed by atoms with E-state index in [1.165, 1.54) is 0 Å². The number of amides is 1. The van der Waals surface area contributed by atoms with E-state index < -0.39 is 9.96 Å². The second kappa shape index (κ2) is 7.51. The Morgan fingerprint density at radius 2 is 1.80 bits per heavy atom. The fraction of sp³-hybridized carbons (Fsp3) is 0.500. The molecule has 0 spiro atoms. The van der Waals surface area contributed by atoms with E-state index in [0.717, 1.165) is 10.5 Å². The van der Waals surface area contributed by atoms with Crippen LogP contribution in [0.25, 0.3) is 0 Å². The first-order valence-electron chi connectivity index (χ1n) is 6.45. The Morgan fingerprint density at radius 1 is 1.25 bits per heavy atom. The lowest BCUT2D eigenvalue weighted by Crippen LogP contribution is -3.15. The number of quaternary nitrogens is 1. The van der Waals surface area contributed by atoms with Gasteiger partial charge < -0.3 is 10.2 Å². The SMILES string of the molecule is CC(C)C(=O)N[C@H]([NH+](C)Cc1ccccc1)C(Cl)(Cl)Cl. The van der Waals surface area contributed by atoms with E-state index in [9.17, 15) is 4.79 Å². The quantitative estimate of drug-likeness (QED) is 0.626. The van der Waals surface area contributed by atoms with Gasteiger partial charge in [-0.25, -0.2) is 0 Å². The Bertz CT molecular complexity index is 432. The van der Waals surface area contributed by atoms with Crippen molar-refractivity contribution in [1.29, 1.82) is 0 Å². The molecule has 112 valence electrons. The molecule has 0 fully saturated rings. The van der Waals surface area contributed by atoms with Crippen molar-refractivity contribution in [2.75, 3.05) is 7.05 Å². The number of halogens is 3. The van der Waals surface area contributed by atoms with E-state index in [-0.39, 0.29) is 11.8 Å². The fourth-order valence-corrected chi connectivity index (χ4v) is 2.54. The van der Waals surface area contributed by atoms with Crippen LogP contribution in [0.4, 0.5) is 0 Å². The molecule has 1 rings (SSSR count). The average molecular weight is 339 g/mol. The highest BCUT2D eigenvalue weighted by Gasteiger charge is 2.40. The molecule has 0 aromatic heterocycles. The molecule has 1 unspecified atom stereocenters. The van der Waals surface area contributed by atoms with Crippen molar-refractivity contribution in [3.05, 3.63) is 35.9 Å². The summed E-state index contributed by atoms with van der Waals surface area (Å²) >= 11 is 18.0. The lowest BCUT2D eigenvalue weighted by Gasteiger charge is -2.31. The van der Waals surface area contributed by atoms with Crippen LogP contribution in [0, 0.1) is 5.92 Å². The highest BCUT2D eigenvalue weighted by molar-refractivity contribution is 6.68. The van der Waals surface area contributed by atoms with Crippen molar-refractivity contribution in [1.82, 2.24) is 5.32 Å². The molecular formula is C14H20Cl3N2O+. The third kappa shape index (κ3) is 5.49. The molecule has 1 aromatic carbocycles. The number of alkyl halides is 3. The molecule has 1 aromatic rings. The molecule has 6 heteroatoms. The van der Waals surface area contributed by atoms with Gasteiger partial charge in [0.15, 0.2) is 0 Å². The Labute approximate surface area is 135 Å². The van der Waals surface area contributed by atoms with E-state index in [1.54, 1.807) is 13.8 Å². The van der Waals surface area contributed by atoms with Crippen LogP contribution in [0.1, 0.15) is 19.4 Å². The van der Waals surface area contributed by atoms with E-state index in [1.807, 2.05) is 37.4 Å². The van der Waals surface area contributed by atoms with Crippen LogP contribution >= 0.6 is 34.8 Å². The predicted octanol–water partition coefficient (Wildman–Crippen LogP) is 2.17. The summed E-state index contributed by atoms with van der Waals surface area (Å²) in [6, 6.07) is 9.87. The first-order valence-corrected chi connectivity index (χ1v) is 7.58.